The molecule has 0 aliphatic rings. The van der Waals surface area contributed by atoms with Gasteiger partial charge in [-0.1, -0.05) is 13.8 Å². The first-order valence-electron chi connectivity index (χ1n) is 5.22. The molecule has 0 aromatic carbocycles. The van der Waals surface area contributed by atoms with Crippen LogP contribution in [0.2, 0.25) is 0 Å². The van der Waals surface area contributed by atoms with Crippen LogP contribution in [-0.2, 0) is 4.79 Å². The average Bonchev–Trinajstić information content (AvgIpc) is 2.12. The quantitative estimate of drug-likeness (QED) is 0.776. The fourth-order valence-corrected chi connectivity index (χ4v) is 1.47. The van der Waals surface area contributed by atoms with Crippen LogP contribution in [0.25, 0.3) is 0 Å². The zero-order valence-corrected chi connectivity index (χ0v) is 9.71. The van der Waals surface area contributed by atoms with Gasteiger partial charge in [-0.3, -0.25) is 9.69 Å². The maximum Gasteiger partial charge on any atom is 0.401 e. The van der Waals surface area contributed by atoms with Crippen molar-refractivity contribution in [2.45, 2.75) is 39.4 Å². The number of halogens is 3. The van der Waals surface area contributed by atoms with Gasteiger partial charge in [-0.15, -0.1) is 0 Å². The number of hydrogen-bond donors (Lipinski definition) is 1. The van der Waals surface area contributed by atoms with Crippen LogP contribution in [0.5, 0.6) is 0 Å². The molecule has 0 aliphatic heterocycles. The predicted octanol–water partition coefficient (Wildman–Crippen LogP) is 2.37. The second kappa shape index (κ2) is 6.08. The molecule has 0 heterocycles. The number of nitrogens with zero attached hydrogens (tertiary/aromatic N) is 1. The first-order valence-corrected chi connectivity index (χ1v) is 5.22. The largest absolute Gasteiger partial charge is 0.481 e. The summed E-state index contributed by atoms with van der Waals surface area (Å²) in [6.45, 7) is 3.89. The molecule has 1 N–H and O–H groups in total. The van der Waals surface area contributed by atoms with Crippen LogP contribution >= 0.6 is 0 Å². The van der Waals surface area contributed by atoms with Crippen molar-refractivity contribution in [2.24, 2.45) is 5.92 Å². The van der Waals surface area contributed by atoms with E-state index in [-0.39, 0.29) is 6.54 Å². The molecule has 0 saturated carbocycles. The second-order valence-electron chi connectivity index (χ2n) is 3.95. The number of carboxylic acids is 1. The number of alkyl halides is 3. The summed E-state index contributed by atoms with van der Waals surface area (Å²) in [5, 5.41) is 8.76. The lowest BCUT2D eigenvalue weighted by Crippen LogP contribution is -2.45. The van der Waals surface area contributed by atoms with Crippen LogP contribution in [-0.4, -0.2) is 41.3 Å². The van der Waals surface area contributed by atoms with Gasteiger partial charge in [-0.25, -0.2) is 0 Å². The molecule has 3 nitrogen and oxygen atoms in total. The monoisotopic (exact) mass is 241 g/mol. The topological polar surface area (TPSA) is 40.5 Å². The molecule has 2 unspecified atom stereocenters. The lowest BCUT2D eigenvalue weighted by molar-refractivity contribution is -0.158. The number of aliphatic carboxylic acids is 1. The number of carboxylic acid groups (broad SMARTS) is 1. The third kappa shape index (κ3) is 5.34. The summed E-state index contributed by atoms with van der Waals surface area (Å²) >= 11 is 0. The van der Waals surface area contributed by atoms with Crippen molar-refractivity contribution in [1.82, 2.24) is 4.90 Å². The van der Waals surface area contributed by atoms with Crippen molar-refractivity contribution < 1.29 is 23.1 Å². The highest BCUT2D eigenvalue weighted by molar-refractivity contribution is 5.70. The van der Waals surface area contributed by atoms with Gasteiger partial charge < -0.3 is 5.11 Å². The van der Waals surface area contributed by atoms with E-state index >= 15 is 0 Å². The fourth-order valence-electron chi connectivity index (χ4n) is 1.47. The van der Waals surface area contributed by atoms with Crippen molar-refractivity contribution in [3.8, 4) is 0 Å². The molecule has 2 atom stereocenters. The summed E-state index contributed by atoms with van der Waals surface area (Å²) in [5.41, 5.74) is 0. The van der Waals surface area contributed by atoms with Crippen LogP contribution in [0.3, 0.4) is 0 Å². The number of rotatable bonds is 6. The second-order valence-corrected chi connectivity index (χ2v) is 3.95. The average molecular weight is 241 g/mol. The first-order chi connectivity index (χ1) is 7.19. The van der Waals surface area contributed by atoms with Gasteiger partial charge in [0.15, 0.2) is 0 Å². The predicted molar refractivity (Wildman–Crippen MR) is 54.2 cm³/mol. The fraction of sp³-hybridized carbons (Fsp3) is 0.900. The van der Waals surface area contributed by atoms with E-state index in [1.807, 2.05) is 0 Å². The Labute approximate surface area is 93.2 Å². The number of hydrogen-bond acceptors (Lipinski definition) is 2. The molecule has 96 valence electrons. The van der Waals surface area contributed by atoms with E-state index in [4.69, 9.17) is 5.11 Å². The molecule has 0 saturated heterocycles. The summed E-state index contributed by atoms with van der Waals surface area (Å²) in [7, 11) is 0. The Morgan fingerprint density at radius 2 is 1.88 bits per heavy atom. The SMILES string of the molecule is CCCN(CC(F)(F)F)C(C)C(C)C(=O)O. The lowest BCUT2D eigenvalue weighted by Gasteiger charge is -2.31. The Morgan fingerprint density at radius 3 is 2.19 bits per heavy atom. The maximum atomic E-state index is 12.3. The summed E-state index contributed by atoms with van der Waals surface area (Å²) < 4.78 is 36.8. The van der Waals surface area contributed by atoms with E-state index in [1.54, 1.807) is 6.92 Å². The van der Waals surface area contributed by atoms with E-state index in [9.17, 15) is 18.0 Å². The lowest BCUT2D eigenvalue weighted by atomic mass is 10.0. The molecule has 0 amide bonds. The summed E-state index contributed by atoms with van der Waals surface area (Å²) in [5.74, 6) is -1.88. The van der Waals surface area contributed by atoms with Gasteiger partial charge in [0.05, 0.1) is 12.5 Å². The molecular formula is C10H18F3NO2. The van der Waals surface area contributed by atoms with Crippen molar-refractivity contribution in [1.29, 1.82) is 0 Å². The highest BCUT2D eigenvalue weighted by Gasteiger charge is 2.35. The van der Waals surface area contributed by atoms with E-state index in [0.717, 1.165) is 0 Å². The Kier molecular flexibility index (Phi) is 5.78. The summed E-state index contributed by atoms with van der Waals surface area (Å²) in [6.07, 6.45) is -3.73. The van der Waals surface area contributed by atoms with Gasteiger partial charge in [0.2, 0.25) is 0 Å². The van der Waals surface area contributed by atoms with Crippen molar-refractivity contribution in [2.75, 3.05) is 13.1 Å². The Bertz CT molecular complexity index is 231. The van der Waals surface area contributed by atoms with Crippen molar-refractivity contribution in [3.05, 3.63) is 0 Å². The molecule has 0 radical (unpaired) electrons. The summed E-state index contributed by atoms with van der Waals surface area (Å²) in [6, 6.07) is -0.626. The first kappa shape index (κ1) is 15.2. The molecule has 0 aromatic heterocycles. The molecule has 16 heavy (non-hydrogen) atoms. The standard InChI is InChI=1S/C10H18F3NO2/c1-4-5-14(6-10(11,12)13)8(3)7(2)9(15)16/h7-8H,4-6H2,1-3H3,(H,15,16). The maximum absolute atomic E-state index is 12.3. The molecule has 6 heteroatoms. The van der Waals surface area contributed by atoms with Gasteiger partial charge in [0, 0.05) is 6.04 Å². The summed E-state index contributed by atoms with van der Waals surface area (Å²) in [4.78, 5) is 11.9. The molecule has 0 aliphatic carbocycles. The Hall–Kier alpha value is -0.780. The molecule has 0 spiro atoms. The molecule has 0 aromatic rings. The van der Waals surface area contributed by atoms with E-state index in [1.165, 1.54) is 18.7 Å². The minimum Gasteiger partial charge on any atom is -0.481 e. The van der Waals surface area contributed by atoms with Gasteiger partial charge in [0.1, 0.15) is 0 Å². The van der Waals surface area contributed by atoms with Gasteiger partial charge >= 0.3 is 12.1 Å². The zero-order valence-electron chi connectivity index (χ0n) is 9.71. The minimum atomic E-state index is -4.29. The highest BCUT2D eigenvalue weighted by atomic mass is 19.4. The molecule has 0 fully saturated rings. The van der Waals surface area contributed by atoms with Gasteiger partial charge in [-0.05, 0) is 19.9 Å². The third-order valence-electron chi connectivity index (χ3n) is 2.58. The van der Waals surface area contributed by atoms with E-state index < -0.39 is 30.7 Å². The zero-order chi connectivity index (χ0) is 12.9. The molecule has 0 bridgehead atoms. The Morgan fingerprint density at radius 1 is 1.38 bits per heavy atom. The highest BCUT2D eigenvalue weighted by Crippen LogP contribution is 2.21. The van der Waals surface area contributed by atoms with Gasteiger partial charge in [0.25, 0.3) is 0 Å². The molecular weight excluding hydrogens is 223 g/mol. The van der Waals surface area contributed by atoms with E-state index in [2.05, 4.69) is 0 Å². The van der Waals surface area contributed by atoms with Crippen LogP contribution in [0.4, 0.5) is 13.2 Å². The van der Waals surface area contributed by atoms with Gasteiger partial charge in [-0.2, -0.15) is 13.2 Å². The van der Waals surface area contributed by atoms with Crippen molar-refractivity contribution >= 4 is 5.97 Å². The van der Waals surface area contributed by atoms with Crippen LogP contribution in [0, 0.1) is 5.92 Å². The number of carbonyl (C=O) groups is 1. The normalized spacial score (nSPS) is 16.2. The van der Waals surface area contributed by atoms with Crippen LogP contribution < -0.4 is 0 Å². The molecule has 0 rings (SSSR count). The minimum absolute atomic E-state index is 0.248. The van der Waals surface area contributed by atoms with Crippen LogP contribution in [0.1, 0.15) is 27.2 Å². The van der Waals surface area contributed by atoms with E-state index in [0.29, 0.717) is 6.42 Å². The van der Waals surface area contributed by atoms with Crippen LogP contribution in [0.15, 0.2) is 0 Å². The smallest absolute Gasteiger partial charge is 0.401 e. The van der Waals surface area contributed by atoms with Crippen molar-refractivity contribution in [3.63, 3.8) is 0 Å². The third-order valence-corrected chi connectivity index (χ3v) is 2.58. The Balaban J connectivity index is 4.57.